The van der Waals surface area contributed by atoms with E-state index in [2.05, 4.69) is 15.3 Å². The van der Waals surface area contributed by atoms with Crippen molar-refractivity contribution in [3.05, 3.63) is 56.7 Å². The highest BCUT2D eigenvalue weighted by Crippen LogP contribution is 2.16. The molecule has 3 rings (SSSR count). The van der Waals surface area contributed by atoms with Crippen molar-refractivity contribution in [2.24, 2.45) is 7.05 Å². The molecule has 2 aromatic heterocycles. The molecule has 0 fully saturated rings. The summed E-state index contributed by atoms with van der Waals surface area (Å²) in [5.74, 6) is 0.228. The minimum absolute atomic E-state index is 0.0515. The number of rotatable bonds is 5. The Morgan fingerprint density at radius 1 is 1.25 bits per heavy atom. The first-order valence-electron chi connectivity index (χ1n) is 7.54. The zero-order valence-electron chi connectivity index (χ0n) is 13.4. The summed E-state index contributed by atoms with van der Waals surface area (Å²) in [6, 6.07) is 8.82. The third kappa shape index (κ3) is 2.62. The molecule has 0 saturated carbocycles. The smallest absolute Gasteiger partial charge is 0.329 e. The highest BCUT2D eigenvalue weighted by atomic mass is 16.2. The zero-order chi connectivity index (χ0) is 17.3. The molecule has 8 nitrogen and oxygen atoms in total. The Kier molecular flexibility index (Phi) is 4.03. The fourth-order valence-corrected chi connectivity index (χ4v) is 2.54. The van der Waals surface area contributed by atoms with Crippen LogP contribution in [0.1, 0.15) is 17.3 Å². The van der Waals surface area contributed by atoms with Crippen molar-refractivity contribution in [3.63, 3.8) is 0 Å². The van der Waals surface area contributed by atoms with E-state index in [4.69, 9.17) is 0 Å². The van der Waals surface area contributed by atoms with Gasteiger partial charge in [0.1, 0.15) is 0 Å². The van der Waals surface area contributed by atoms with Crippen LogP contribution in [0.15, 0.2) is 39.9 Å². The van der Waals surface area contributed by atoms with E-state index in [1.807, 2.05) is 13.0 Å². The van der Waals surface area contributed by atoms with Crippen molar-refractivity contribution in [1.29, 1.82) is 0 Å². The number of hydrogen-bond donors (Lipinski definition) is 2. The van der Waals surface area contributed by atoms with Crippen LogP contribution in [0, 0.1) is 0 Å². The molecule has 0 aliphatic rings. The van der Waals surface area contributed by atoms with Crippen molar-refractivity contribution >= 4 is 22.9 Å². The van der Waals surface area contributed by atoms with Gasteiger partial charge in [0, 0.05) is 19.2 Å². The normalized spacial score (nSPS) is 10.9. The number of ketones is 1. The maximum atomic E-state index is 12.5. The standard InChI is InChI=1S/C16H17N5O3/c1-3-17-15-18-13-12(14(23)19-16(24)20(13)2)21(15)9-11(22)10-7-5-4-6-8-10/h4-8H,3,9H2,1-2H3,(H,17,18)(H,19,23,24). The van der Waals surface area contributed by atoms with Crippen molar-refractivity contribution in [1.82, 2.24) is 19.1 Å². The molecule has 124 valence electrons. The van der Waals surface area contributed by atoms with Gasteiger partial charge in [-0.2, -0.15) is 4.98 Å². The van der Waals surface area contributed by atoms with E-state index < -0.39 is 11.2 Å². The predicted octanol–water partition coefficient (Wildman–Crippen LogP) is 0.738. The van der Waals surface area contributed by atoms with Gasteiger partial charge in [0.2, 0.25) is 5.95 Å². The summed E-state index contributed by atoms with van der Waals surface area (Å²) in [5.41, 5.74) is -0.138. The number of nitrogens with zero attached hydrogens (tertiary/aromatic N) is 3. The molecule has 1 aromatic carbocycles. The number of nitrogens with one attached hydrogen (secondary N) is 2. The van der Waals surface area contributed by atoms with Crippen LogP contribution in [0.3, 0.4) is 0 Å². The topological polar surface area (TPSA) is 102 Å². The Morgan fingerprint density at radius 2 is 1.96 bits per heavy atom. The summed E-state index contributed by atoms with van der Waals surface area (Å²) in [6.07, 6.45) is 0. The Balaban J connectivity index is 2.17. The lowest BCUT2D eigenvalue weighted by atomic mass is 10.1. The van der Waals surface area contributed by atoms with Crippen LogP contribution in [0.25, 0.3) is 11.2 Å². The highest BCUT2D eigenvalue weighted by Gasteiger charge is 2.19. The number of aromatic amines is 1. The van der Waals surface area contributed by atoms with E-state index >= 15 is 0 Å². The van der Waals surface area contributed by atoms with E-state index in [1.54, 1.807) is 24.3 Å². The number of aromatic nitrogens is 4. The molecule has 8 heteroatoms. The van der Waals surface area contributed by atoms with Gasteiger partial charge in [-0.15, -0.1) is 0 Å². The number of hydrogen-bond acceptors (Lipinski definition) is 5. The van der Waals surface area contributed by atoms with Crippen LogP contribution in [0.4, 0.5) is 5.95 Å². The fraction of sp³-hybridized carbons (Fsp3) is 0.250. The quantitative estimate of drug-likeness (QED) is 0.673. The number of imidazole rings is 1. The van der Waals surface area contributed by atoms with Gasteiger partial charge in [-0.05, 0) is 6.92 Å². The van der Waals surface area contributed by atoms with Gasteiger partial charge in [0.05, 0.1) is 6.54 Å². The second-order valence-electron chi connectivity index (χ2n) is 5.33. The molecule has 2 N–H and O–H groups in total. The van der Waals surface area contributed by atoms with Crippen LogP contribution < -0.4 is 16.6 Å². The molecular formula is C16H17N5O3. The maximum absolute atomic E-state index is 12.5. The minimum atomic E-state index is -0.564. The number of aryl methyl sites for hydroxylation is 1. The first-order chi connectivity index (χ1) is 11.5. The van der Waals surface area contributed by atoms with Gasteiger partial charge in [-0.3, -0.25) is 23.7 Å². The molecule has 0 aliphatic heterocycles. The molecule has 2 heterocycles. The monoisotopic (exact) mass is 327 g/mol. The number of benzene rings is 1. The van der Waals surface area contributed by atoms with Crippen LogP contribution in [0.2, 0.25) is 0 Å². The molecule has 0 unspecified atom stereocenters. The minimum Gasteiger partial charge on any atom is -0.356 e. The SMILES string of the molecule is CCNc1nc2c(c(=O)[nH]c(=O)n2C)n1CC(=O)c1ccccc1. The number of carbonyl (C=O) groups excluding carboxylic acids is 1. The molecule has 0 aliphatic carbocycles. The third-order valence-electron chi connectivity index (χ3n) is 3.74. The summed E-state index contributed by atoms with van der Waals surface area (Å²) < 4.78 is 2.76. The highest BCUT2D eigenvalue weighted by molar-refractivity contribution is 5.96. The molecule has 0 spiro atoms. The predicted molar refractivity (Wildman–Crippen MR) is 90.5 cm³/mol. The van der Waals surface area contributed by atoms with Crippen molar-refractivity contribution < 1.29 is 4.79 Å². The lowest BCUT2D eigenvalue weighted by Gasteiger charge is -2.08. The second-order valence-corrected chi connectivity index (χ2v) is 5.33. The van der Waals surface area contributed by atoms with Crippen molar-refractivity contribution in [3.8, 4) is 0 Å². The van der Waals surface area contributed by atoms with Gasteiger partial charge in [0.25, 0.3) is 5.56 Å². The van der Waals surface area contributed by atoms with E-state index in [-0.39, 0.29) is 23.5 Å². The van der Waals surface area contributed by atoms with Crippen LogP contribution >= 0.6 is 0 Å². The zero-order valence-corrected chi connectivity index (χ0v) is 13.4. The number of Topliss-reactive ketones (excluding diaryl/α,β-unsaturated/α-hetero) is 1. The number of fused-ring (bicyclic) bond motifs is 1. The second kappa shape index (κ2) is 6.15. The molecule has 3 aromatic rings. The average Bonchev–Trinajstić information content (AvgIpc) is 2.93. The Hall–Kier alpha value is -3.16. The van der Waals surface area contributed by atoms with Crippen molar-refractivity contribution in [2.75, 3.05) is 11.9 Å². The van der Waals surface area contributed by atoms with E-state index in [0.717, 1.165) is 0 Å². The number of anilines is 1. The summed E-state index contributed by atoms with van der Waals surface area (Å²) >= 11 is 0. The van der Waals surface area contributed by atoms with Gasteiger partial charge >= 0.3 is 5.69 Å². The van der Waals surface area contributed by atoms with Crippen LogP contribution in [0.5, 0.6) is 0 Å². The molecule has 0 saturated heterocycles. The molecule has 0 atom stereocenters. The summed E-state index contributed by atoms with van der Waals surface area (Å²) in [6.45, 7) is 2.39. The summed E-state index contributed by atoms with van der Waals surface area (Å²) in [4.78, 5) is 43.1. The first-order valence-corrected chi connectivity index (χ1v) is 7.54. The summed E-state index contributed by atoms with van der Waals surface area (Å²) in [7, 11) is 1.52. The Labute approximate surface area is 136 Å². The average molecular weight is 327 g/mol. The molecular weight excluding hydrogens is 310 g/mol. The Bertz CT molecular complexity index is 1010. The molecule has 24 heavy (non-hydrogen) atoms. The van der Waals surface area contributed by atoms with Gasteiger partial charge in [-0.25, -0.2) is 4.79 Å². The lowest BCUT2D eigenvalue weighted by molar-refractivity contribution is 0.0974. The van der Waals surface area contributed by atoms with E-state index in [0.29, 0.717) is 18.1 Å². The first kappa shape index (κ1) is 15.7. The van der Waals surface area contributed by atoms with Gasteiger partial charge < -0.3 is 5.32 Å². The van der Waals surface area contributed by atoms with E-state index in [9.17, 15) is 14.4 Å². The van der Waals surface area contributed by atoms with Gasteiger partial charge in [0.15, 0.2) is 16.9 Å². The lowest BCUT2D eigenvalue weighted by Crippen LogP contribution is -2.29. The largest absolute Gasteiger partial charge is 0.356 e. The third-order valence-corrected chi connectivity index (χ3v) is 3.74. The number of H-pyrrole nitrogens is 1. The fourth-order valence-electron chi connectivity index (χ4n) is 2.54. The van der Waals surface area contributed by atoms with Crippen molar-refractivity contribution in [2.45, 2.75) is 13.5 Å². The maximum Gasteiger partial charge on any atom is 0.329 e. The molecule has 0 amide bonds. The van der Waals surface area contributed by atoms with Gasteiger partial charge in [-0.1, -0.05) is 30.3 Å². The van der Waals surface area contributed by atoms with Crippen LogP contribution in [-0.4, -0.2) is 31.4 Å². The number of carbonyl (C=O) groups is 1. The molecule has 0 radical (unpaired) electrons. The Morgan fingerprint density at radius 3 is 2.62 bits per heavy atom. The summed E-state index contributed by atoms with van der Waals surface area (Å²) in [5, 5.41) is 3.03. The van der Waals surface area contributed by atoms with Crippen LogP contribution in [-0.2, 0) is 13.6 Å². The van der Waals surface area contributed by atoms with E-state index in [1.165, 1.54) is 16.2 Å². The molecule has 0 bridgehead atoms.